The Bertz CT molecular complexity index is 663. The molecule has 0 saturated heterocycles. The molecule has 3 heterocycles. The Kier molecular flexibility index (Phi) is 1.83. The van der Waals surface area contributed by atoms with Crippen LogP contribution < -0.4 is 0 Å². The minimum atomic E-state index is 0.965. The standard InChI is InChI=1S/C15H9N3/c1-4-10-13(16-7-1)11-5-2-9-18-15(11)12-6-3-8-17-14(10)12/h1-9H. The Morgan fingerprint density at radius 3 is 1.17 bits per heavy atom. The lowest BCUT2D eigenvalue weighted by Crippen LogP contribution is -1.88. The molecule has 0 saturated carbocycles. The first kappa shape index (κ1) is 9.48. The molecule has 0 aliphatic carbocycles. The molecule has 0 atom stereocenters. The van der Waals surface area contributed by atoms with E-state index in [-0.39, 0.29) is 0 Å². The summed E-state index contributed by atoms with van der Waals surface area (Å²) in [6, 6.07) is 12.0. The summed E-state index contributed by atoms with van der Waals surface area (Å²) >= 11 is 0. The summed E-state index contributed by atoms with van der Waals surface area (Å²) in [6.07, 6.45) is 5.43. The molecule has 0 aliphatic rings. The van der Waals surface area contributed by atoms with Crippen molar-refractivity contribution in [1.82, 2.24) is 15.0 Å². The van der Waals surface area contributed by atoms with Gasteiger partial charge < -0.3 is 0 Å². The molecule has 3 nitrogen and oxygen atoms in total. The van der Waals surface area contributed by atoms with E-state index in [1.54, 1.807) is 0 Å². The van der Waals surface area contributed by atoms with Crippen LogP contribution in [0.3, 0.4) is 0 Å². The summed E-state index contributed by atoms with van der Waals surface area (Å²) in [7, 11) is 0. The highest BCUT2D eigenvalue weighted by Crippen LogP contribution is 2.30. The van der Waals surface area contributed by atoms with Crippen LogP contribution in [0.2, 0.25) is 0 Å². The summed E-state index contributed by atoms with van der Waals surface area (Å²) in [5, 5.41) is 3.23. The van der Waals surface area contributed by atoms with Gasteiger partial charge in [0.25, 0.3) is 0 Å². The van der Waals surface area contributed by atoms with Gasteiger partial charge in [-0.05, 0) is 36.4 Å². The van der Waals surface area contributed by atoms with Gasteiger partial charge in [-0.15, -0.1) is 0 Å². The van der Waals surface area contributed by atoms with Crippen molar-refractivity contribution in [2.45, 2.75) is 0 Å². The van der Waals surface area contributed by atoms with E-state index < -0.39 is 0 Å². The summed E-state index contributed by atoms with van der Waals surface area (Å²) in [6.45, 7) is 0. The fraction of sp³-hybridized carbons (Fsp3) is 0. The Labute approximate surface area is 103 Å². The van der Waals surface area contributed by atoms with Crippen molar-refractivity contribution in [3.05, 3.63) is 55.0 Å². The minimum absolute atomic E-state index is 0.965. The van der Waals surface area contributed by atoms with Gasteiger partial charge in [0.15, 0.2) is 0 Å². The van der Waals surface area contributed by atoms with Gasteiger partial charge in [0.1, 0.15) is 0 Å². The second-order valence-electron chi connectivity index (χ2n) is 4.20. The van der Waals surface area contributed by atoms with Crippen molar-refractivity contribution in [2.24, 2.45) is 0 Å². The molecule has 0 fully saturated rings. The summed E-state index contributed by atoms with van der Waals surface area (Å²) < 4.78 is 0. The van der Waals surface area contributed by atoms with E-state index >= 15 is 0 Å². The molecule has 18 heavy (non-hydrogen) atoms. The number of benzene rings is 1. The van der Waals surface area contributed by atoms with E-state index in [1.165, 1.54) is 0 Å². The Balaban J connectivity index is 2.46. The molecule has 1 aromatic carbocycles. The molecule has 0 spiro atoms. The SMILES string of the molecule is c1cnc2c(c1)c1ncccc1c1ncccc21. The zero-order valence-corrected chi connectivity index (χ0v) is 9.54. The summed E-state index contributed by atoms with van der Waals surface area (Å²) in [4.78, 5) is 13.4. The Hall–Kier alpha value is -2.55. The predicted octanol–water partition coefficient (Wildman–Crippen LogP) is 3.33. The number of nitrogens with zero attached hydrogens (tertiary/aromatic N) is 3. The normalized spacial score (nSPS) is 11.3. The maximum absolute atomic E-state index is 4.48. The lowest BCUT2D eigenvalue weighted by atomic mass is 10.0. The van der Waals surface area contributed by atoms with Crippen LogP contribution in [0.15, 0.2) is 55.0 Å². The molecule has 4 aromatic rings. The van der Waals surface area contributed by atoms with E-state index in [1.807, 2.05) is 36.8 Å². The van der Waals surface area contributed by atoms with Gasteiger partial charge in [0, 0.05) is 34.7 Å². The van der Waals surface area contributed by atoms with Crippen LogP contribution in [0.1, 0.15) is 0 Å². The monoisotopic (exact) mass is 231 g/mol. The quantitative estimate of drug-likeness (QED) is 0.436. The van der Waals surface area contributed by atoms with E-state index in [0.29, 0.717) is 0 Å². The molecule has 0 N–H and O–H groups in total. The lowest BCUT2D eigenvalue weighted by molar-refractivity contribution is 1.38. The Morgan fingerprint density at radius 2 is 0.833 bits per heavy atom. The zero-order chi connectivity index (χ0) is 11.9. The number of fused-ring (bicyclic) bond motifs is 6. The fourth-order valence-electron chi connectivity index (χ4n) is 2.43. The zero-order valence-electron chi connectivity index (χ0n) is 9.54. The number of hydrogen-bond donors (Lipinski definition) is 0. The van der Waals surface area contributed by atoms with Crippen LogP contribution in [0.25, 0.3) is 32.7 Å². The van der Waals surface area contributed by atoms with Crippen molar-refractivity contribution in [2.75, 3.05) is 0 Å². The average Bonchev–Trinajstić information content (AvgIpc) is 2.48. The molecule has 84 valence electrons. The van der Waals surface area contributed by atoms with Crippen molar-refractivity contribution in [1.29, 1.82) is 0 Å². The van der Waals surface area contributed by atoms with Crippen LogP contribution in [-0.4, -0.2) is 15.0 Å². The van der Waals surface area contributed by atoms with Crippen molar-refractivity contribution in [3.63, 3.8) is 0 Å². The highest BCUT2D eigenvalue weighted by Gasteiger charge is 2.09. The van der Waals surface area contributed by atoms with Gasteiger partial charge in [-0.3, -0.25) is 15.0 Å². The molecule has 3 aromatic heterocycles. The van der Waals surface area contributed by atoms with Gasteiger partial charge in [-0.1, -0.05) is 0 Å². The van der Waals surface area contributed by atoms with Gasteiger partial charge in [-0.25, -0.2) is 0 Å². The number of pyridine rings is 3. The van der Waals surface area contributed by atoms with Gasteiger partial charge >= 0.3 is 0 Å². The van der Waals surface area contributed by atoms with Gasteiger partial charge in [0.2, 0.25) is 0 Å². The summed E-state index contributed by atoms with van der Waals surface area (Å²) in [5.74, 6) is 0. The third-order valence-electron chi connectivity index (χ3n) is 3.19. The molecule has 0 bridgehead atoms. The predicted molar refractivity (Wildman–Crippen MR) is 72.3 cm³/mol. The lowest BCUT2D eigenvalue weighted by Gasteiger charge is -2.06. The van der Waals surface area contributed by atoms with E-state index in [2.05, 4.69) is 33.2 Å². The average molecular weight is 231 g/mol. The van der Waals surface area contributed by atoms with Crippen molar-refractivity contribution < 1.29 is 0 Å². The second-order valence-corrected chi connectivity index (χ2v) is 4.20. The number of rotatable bonds is 0. The molecular weight excluding hydrogens is 222 g/mol. The maximum Gasteiger partial charge on any atom is 0.0818 e. The van der Waals surface area contributed by atoms with E-state index in [4.69, 9.17) is 0 Å². The van der Waals surface area contributed by atoms with Gasteiger partial charge in [-0.2, -0.15) is 0 Å². The molecule has 0 aliphatic heterocycles. The number of hydrogen-bond acceptors (Lipinski definition) is 3. The molecule has 0 radical (unpaired) electrons. The minimum Gasteiger partial charge on any atom is -0.255 e. The van der Waals surface area contributed by atoms with Crippen LogP contribution in [0.5, 0.6) is 0 Å². The first-order valence-electron chi connectivity index (χ1n) is 5.81. The first-order chi connectivity index (χ1) is 8.95. The molecule has 4 rings (SSSR count). The highest BCUT2D eigenvalue weighted by atomic mass is 14.7. The topological polar surface area (TPSA) is 38.7 Å². The van der Waals surface area contributed by atoms with Crippen molar-refractivity contribution >= 4 is 32.7 Å². The fourth-order valence-corrected chi connectivity index (χ4v) is 2.43. The van der Waals surface area contributed by atoms with Gasteiger partial charge in [0.05, 0.1) is 16.6 Å². The third kappa shape index (κ3) is 1.16. The van der Waals surface area contributed by atoms with Crippen LogP contribution in [-0.2, 0) is 0 Å². The number of aromatic nitrogens is 3. The summed E-state index contributed by atoms with van der Waals surface area (Å²) in [5.41, 5.74) is 2.89. The highest BCUT2D eigenvalue weighted by molar-refractivity contribution is 6.21. The molecular formula is C15H9N3. The second kappa shape index (κ2) is 3.47. The van der Waals surface area contributed by atoms with E-state index in [9.17, 15) is 0 Å². The van der Waals surface area contributed by atoms with Crippen LogP contribution >= 0.6 is 0 Å². The van der Waals surface area contributed by atoms with Crippen LogP contribution in [0.4, 0.5) is 0 Å². The smallest absolute Gasteiger partial charge is 0.0818 e. The molecule has 3 heteroatoms. The van der Waals surface area contributed by atoms with E-state index in [0.717, 1.165) is 32.7 Å². The Morgan fingerprint density at radius 1 is 0.500 bits per heavy atom. The maximum atomic E-state index is 4.48. The van der Waals surface area contributed by atoms with Crippen LogP contribution in [0, 0.1) is 0 Å². The first-order valence-corrected chi connectivity index (χ1v) is 5.81. The van der Waals surface area contributed by atoms with Crippen molar-refractivity contribution in [3.8, 4) is 0 Å². The third-order valence-corrected chi connectivity index (χ3v) is 3.19. The largest absolute Gasteiger partial charge is 0.255 e. The molecule has 0 amide bonds. The molecule has 0 unspecified atom stereocenters.